The van der Waals surface area contributed by atoms with E-state index in [4.69, 9.17) is 10.8 Å². The topological polar surface area (TPSA) is 195 Å². The fourth-order valence-corrected chi connectivity index (χ4v) is 4.27. The minimum absolute atomic E-state index is 0.0634. The predicted molar refractivity (Wildman–Crippen MR) is 124 cm³/mol. The van der Waals surface area contributed by atoms with E-state index in [2.05, 4.69) is 15.6 Å². The molecule has 0 spiro atoms. The molecule has 188 valence electrons. The molecule has 1 fully saturated rings. The maximum Gasteiger partial charge on any atom is 0.326 e. The van der Waals surface area contributed by atoms with Crippen molar-refractivity contribution in [1.82, 2.24) is 20.5 Å². The third-order valence-electron chi connectivity index (χ3n) is 6.02. The highest BCUT2D eigenvalue weighted by atomic mass is 16.4. The number of aromatic amines is 1. The lowest BCUT2D eigenvalue weighted by Gasteiger charge is -2.28. The van der Waals surface area contributed by atoms with Crippen molar-refractivity contribution >= 4 is 40.6 Å². The number of likely N-dealkylation sites (tertiary alicyclic amines) is 1. The van der Waals surface area contributed by atoms with Crippen molar-refractivity contribution < 1.29 is 34.2 Å². The smallest absolute Gasteiger partial charge is 0.326 e. The number of nitrogens with one attached hydrogen (secondary N) is 3. The maximum absolute atomic E-state index is 13.5. The fraction of sp³-hybridized carbons (Fsp3) is 0.435. The van der Waals surface area contributed by atoms with Gasteiger partial charge in [-0.15, -0.1) is 0 Å². The van der Waals surface area contributed by atoms with Gasteiger partial charge in [-0.2, -0.15) is 0 Å². The van der Waals surface area contributed by atoms with E-state index in [0.29, 0.717) is 12.8 Å². The van der Waals surface area contributed by atoms with Crippen LogP contribution in [0.5, 0.6) is 0 Å². The standard InChI is InChI=1S/C23H29N5O7/c24-11-19(29)26-16(7-8-20(30)31)21(32)27-17(22(33)28-9-3-6-18(28)23(34)35)10-13-12-25-15-5-2-1-4-14(13)15/h1-2,4-5,12,16-18,25H,3,6-11,24H2,(H,26,29)(H,27,32)(H,30,31)(H,34,35). The van der Waals surface area contributed by atoms with E-state index in [0.717, 1.165) is 16.5 Å². The van der Waals surface area contributed by atoms with Crippen molar-refractivity contribution in [3.63, 3.8) is 0 Å². The summed E-state index contributed by atoms with van der Waals surface area (Å²) in [5, 5.41) is 24.4. The molecule has 3 atom stereocenters. The molecule has 3 amide bonds. The number of carboxylic acid groups (broad SMARTS) is 2. The van der Waals surface area contributed by atoms with Gasteiger partial charge in [0, 0.05) is 36.5 Å². The van der Waals surface area contributed by atoms with Crippen LogP contribution in [-0.2, 0) is 30.4 Å². The van der Waals surface area contributed by atoms with E-state index in [-0.39, 0.29) is 19.4 Å². The molecule has 1 aromatic heterocycles. The van der Waals surface area contributed by atoms with E-state index < -0.39 is 60.8 Å². The fourth-order valence-electron chi connectivity index (χ4n) is 4.27. The van der Waals surface area contributed by atoms with Crippen LogP contribution in [0.15, 0.2) is 30.5 Å². The molecular weight excluding hydrogens is 458 g/mol. The Bertz CT molecular complexity index is 1110. The Hall–Kier alpha value is -3.93. The summed E-state index contributed by atoms with van der Waals surface area (Å²) < 4.78 is 0. The van der Waals surface area contributed by atoms with Crippen LogP contribution in [0.25, 0.3) is 10.9 Å². The first-order valence-corrected chi connectivity index (χ1v) is 11.3. The molecule has 1 aliphatic heterocycles. The number of aromatic nitrogens is 1. The largest absolute Gasteiger partial charge is 0.481 e. The second kappa shape index (κ2) is 11.5. The number of aliphatic carboxylic acids is 2. The summed E-state index contributed by atoms with van der Waals surface area (Å²) in [7, 11) is 0. The summed E-state index contributed by atoms with van der Waals surface area (Å²) in [5.74, 6) is -4.24. The second-order valence-corrected chi connectivity index (χ2v) is 8.41. The molecular formula is C23H29N5O7. The number of hydrogen-bond donors (Lipinski definition) is 6. The Labute approximate surface area is 200 Å². The van der Waals surface area contributed by atoms with Crippen molar-refractivity contribution in [2.24, 2.45) is 5.73 Å². The highest BCUT2D eigenvalue weighted by Gasteiger charge is 2.38. The van der Waals surface area contributed by atoms with E-state index in [1.165, 1.54) is 4.90 Å². The molecule has 2 aromatic rings. The van der Waals surface area contributed by atoms with E-state index >= 15 is 0 Å². The second-order valence-electron chi connectivity index (χ2n) is 8.41. The minimum Gasteiger partial charge on any atom is -0.481 e. The van der Waals surface area contributed by atoms with Crippen LogP contribution >= 0.6 is 0 Å². The molecule has 7 N–H and O–H groups in total. The van der Waals surface area contributed by atoms with Crippen LogP contribution in [0.4, 0.5) is 0 Å². The number of nitrogens with two attached hydrogens (primary N) is 1. The Kier molecular flexibility index (Phi) is 8.42. The first-order chi connectivity index (χ1) is 16.7. The van der Waals surface area contributed by atoms with Crippen LogP contribution in [0.1, 0.15) is 31.2 Å². The summed E-state index contributed by atoms with van der Waals surface area (Å²) in [4.78, 5) is 65.4. The SMILES string of the molecule is NCC(=O)NC(CCC(=O)O)C(=O)NC(Cc1c[nH]c2ccccc12)C(=O)N1CCCC1C(=O)O. The molecule has 0 bridgehead atoms. The molecule has 1 saturated heterocycles. The Balaban J connectivity index is 1.87. The molecule has 12 nitrogen and oxygen atoms in total. The zero-order valence-corrected chi connectivity index (χ0v) is 19.0. The molecule has 0 aliphatic carbocycles. The van der Waals surface area contributed by atoms with Gasteiger partial charge in [0.1, 0.15) is 18.1 Å². The lowest BCUT2D eigenvalue weighted by molar-refractivity contribution is -0.149. The van der Waals surface area contributed by atoms with E-state index in [9.17, 15) is 29.1 Å². The van der Waals surface area contributed by atoms with Crippen LogP contribution in [0.2, 0.25) is 0 Å². The molecule has 1 aliphatic rings. The van der Waals surface area contributed by atoms with Gasteiger partial charge in [0.15, 0.2) is 0 Å². The van der Waals surface area contributed by atoms with Crippen molar-refractivity contribution in [2.45, 2.75) is 50.2 Å². The van der Waals surface area contributed by atoms with Crippen LogP contribution in [-0.4, -0.2) is 81.0 Å². The average molecular weight is 488 g/mol. The van der Waals surface area contributed by atoms with Gasteiger partial charge in [-0.1, -0.05) is 18.2 Å². The lowest BCUT2D eigenvalue weighted by atomic mass is 10.0. The van der Waals surface area contributed by atoms with Gasteiger partial charge in [-0.3, -0.25) is 19.2 Å². The number of carbonyl (C=O) groups is 5. The molecule has 2 heterocycles. The number of carboxylic acids is 2. The van der Waals surface area contributed by atoms with E-state index in [1.54, 1.807) is 6.20 Å². The first-order valence-electron chi connectivity index (χ1n) is 11.3. The molecule has 0 saturated carbocycles. The molecule has 0 radical (unpaired) electrons. The monoisotopic (exact) mass is 487 g/mol. The summed E-state index contributed by atoms with van der Waals surface area (Å²) in [6.07, 6.45) is 2.01. The summed E-state index contributed by atoms with van der Waals surface area (Å²) in [6.45, 7) is -0.162. The number of nitrogens with zero attached hydrogens (tertiary/aromatic N) is 1. The van der Waals surface area contributed by atoms with Gasteiger partial charge < -0.3 is 36.5 Å². The third kappa shape index (κ3) is 6.35. The van der Waals surface area contributed by atoms with Gasteiger partial charge in [-0.05, 0) is 30.9 Å². The zero-order chi connectivity index (χ0) is 25.5. The summed E-state index contributed by atoms with van der Waals surface area (Å²) in [6, 6.07) is 4.04. The number of hydrogen-bond acceptors (Lipinski definition) is 6. The average Bonchev–Trinajstić information content (AvgIpc) is 3.48. The Morgan fingerprint density at radius 1 is 1.11 bits per heavy atom. The summed E-state index contributed by atoms with van der Waals surface area (Å²) in [5.41, 5.74) is 6.88. The molecule has 3 unspecified atom stereocenters. The van der Waals surface area contributed by atoms with Gasteiger partial charge >= 0.3 is 11.9 Å². The number of fused-ring (bicyclic) bond motifs is 1. The first kappa shape index (κ1) is 25.7. The molecule has 1 aromatic carbocycles. The number of carbonyl (C=O) groups excluding carboxylic acids is 3. The van der Waals surface area contributed by atoms with Crippen molar-refractivity contribution in [3.05, 3.63) is 36.0 Å². The van der Waals surface area contributed by atoms with Gasteiger partial charge in [0.2, 0.25) is 17.7 Å². The normalized spacial score (nSPS) is 17.1. The number of H-pyrrole nitrogens is 1. The highest BCUT2D eigenvalue weighted by Crippen LogP contribution is 2.23. The predicted octanol–water partition coefficient (Wildman–Crippen LogP) is -0.421. The minimum atomic E-state index is -1.23. The zero-order valence-electron chi connectivity index (χ0n) is 19.0. The lowest BCUT2D eigenvalue weighted by Crippen LogP contribution is -2.57. The Morgan fingerprint density at radius 2 is 1.86 bits per heavy atom. The maximum atomic E-state index is 13.5. The summed E-state index contributed by atoms with van der Waals surface area (Å²) >= 11 is 0. The molecule has 12 heteroatoms. The number of para-hydroxylation sites is 1. The van der Waals surface area contributed by atoms with Gasteiger partial charge in [0.25, 0.3) is 0 Å². The molecule has 3 rings (SSSR count). The Morgan fingerprint density at radius 3 is 2.54 bits per heavy atom. The van der Waals surface area contributed by atoms with Gasteiger partial charge in [-0.25, -0.2) is 4.79 Å². The van der Waals surface area contributed by atoms with Crippen LogP contribution in [0.3, 0.4) is 0 Å². The van der Waals surface area contributed by atoms with E-state index in [1.807, 2.05) is 24.3 Å². The van der Waals surface area contributed by atoms with Crippen LogP contribution < -0.4 is 16.4 Å². The molecule has 35 heavy (non-hydrogen) atoms. The number of rotatable bonds is 11. The van der Waals surface area contributed by atoms with Crippen molar-refractivity contribution in [3.8, 4) is 0 Å². The highest BCUT2D eigenvalue weighted by molar-refractivity contribution is 5.94. The van der Waals surface area contributed by atoms with Crippen molar-refractivity contribution in [2.75, 3.05) is 13.1 Å². The van der Waals surface area contributed by atoms with Gasteiger partial charge in [0.05, 0.1) is 6.54 Å². The number of benzene rings is 1. The number of amides is 3. The van der Waals surface area contributed by atoms with Crippen LogP contribution in [0, 0.1) is 0 Å². The quantitative estimate of drug-likeness (QED) is 0.246. The van der Waals surface area contributed by atoms with Crippen molar-refractivity contribution in [1.29, 1.82) is 0 Å². The third-order valence-corrected chi connectivity index (χ3v) is 6.02.